The van der Waals surface area contributed by atoms with Crippen LogP contribution in [0.1, 0.15) is 83.8 Å². The van der Waals surface area contributed by atoms with Crippen molar-refractivity contribution in [1.29, 1.82) is 0 Å². The molecule has 2 heterocycles. The maximum absolute atomic E-state index is 14.2. The number of likely N-dealkylation sites (tertiary alicyclic amines) is 1. The average Bonchev–Trinajstić information content (AvgIpc) is 3.11. The van der Waals surface area contributed by atoms with Crippen molar-refractivity contribution in [2.45, 2.75) is 64.7 Å². The number of alkyl halides is 3. The molecule has 1 saturated heterocycles. The summed E-state index contributed by atoms with van der Waals surface area (Å²) in [5.41, 5.74) is -2.42. The Balaban J connectivity index is 1.88. The number of nitrogens with zero attached hydrogens (tertiary/aromatic N) is 2. The van der Waals surface area contributed by atoms with Gasteiger partial charge in [-0.05, 0) is 38.3 Å². The van der Waals surface area contributed by atoms with Gasteiger partial charge in [0.1, 0.15) is 16.9 Å². The Kier molecular flexibility index (Phi) is 8.34. The van der Waals surface area contributed by atoms with Crippen LogP contribution in [0.15, 0.2) is 35.4 Å². The second kappa shape index (κ2) is 11.0. The van der Waals surface area contributed by atoms with E-state index in [4.69, 9.17) is 0 Å². The van der Waals surface area contributed by atoms with E-state index in [2.05, 4.69) is 5.32 Å². The summed E-state index contributed by atoms with van der Waals surface area (Å²) in [5, 5.41) is 2.40. The minimum atomic E-state index is -4.69. The van der Waals surface area contributed by atoms with Crippen LogP contribution in [-0.4, -0.2) is 34.4 Å². The van der Waals surface area contributed by atoms with Crippen LogP contribution in [0.2, 0.25) is 0 Å². The molecule has 0 spiro atoms. The van der Waals surface area contributed by atoms with Gasteiger partial charge >= 0.3 is 6.18 Å². The number of amides is 2. The molecular weight excluding hydrogens is 466 g/mol. The maximum atomic E-state index is 14.2. The highest BCUT2D eigenvalue weighted by Gasteiger charge is 2.31. The Bertz CT molecular complexity index is 1140. The predicted octanol–water partition coefficient (Wildman–Crippen LogP) is 4.92. The van der Waals surface area contributed by atoms with Gasteiger partial charge in [-0.15, -0.1) is 0 Å². The topological polar surface area (TPSA) is 71.4 Å². The Labute approximate surface area is 200 Å². The number of hydrogen-bond acceptors (Lipinski definition) is 3. The molecule has 1 aromatic heterocycles. The summed E-state index contributed by atoms with van der Waals surface area (Å²) in [6.07, 6.45) is 2.49. The summed E-state index contributed by atoms with van der Waals surface area (Å²) >= 11 is 0. The molecule has 2 amide bonds. The standard InChI is InChI=1S/C25H29F4N3O3/c1-3-16(2)32-14-19(22(33)20(15-32)24(35)31-10-6-4-5-7-11-31)23(34)30-13-17-8-9-18(12-21(17)26)25(27,28)29/h8-9,12,14-16H,3-7,10-11,13H2,1-2H3,(H,30,34). The number of carbonyl (C=O) groups excluding carboxylic acids is 2. The molecule has 10 heteroatoms. The van der Waals surface area contributed by atoms with E-state index in [0.717, 1.165) is 37.8 Å². The number of nitrogens with one attached hydrogen (secondary N) is 1. The number of rotatable bonds is 6. The van der Waals surface area contributed by atoms with Crippen LogP contribution in [0.4, 0.5) is 17.6 Å². The fraction of sp³-hybridized carbons (Fsp3) is 0.480. The molecule has 0 aliphatic carbocycles. The van der Waals surface area contributed by atoms with Crippen molar-refractivity contribution >= 4 is 11.8 Å². The zero-order chi connectivity index (χ0) is 25.8. The van der Waals surface area contributed by atoms with Crippen molar-refractivity contribution in [1.82, 2.24) is 14.8 Å². The monoisotopic (exact) mass is 495 g/mol. The lowest BCUT2D eigenvalue weighted by atomic mass is 10.1. The molecule has 1 aliphatic heterocycles. The molecule has 6 nitrogen and oxygen atoms in total. The highest BCUT2D eigenvalue weighted by atomic mass is 19.4. The van der Waals surface area contributed by atoms with E-state index in [1.807, 2.05) is 13.8 Å². The van der Waals surface area contributed by atoms with E-state index < -0.39 is 41.3 Å². The van der Waals surface area contributed by atoms with E-state index in [-0.39, 0.29) is 22.7 Å². The highest BCUT2D eigenvalue weighted by Crippen LogP contribution is 2.30. The molecule has 35 heavy (non-hydrogen) atoms. The maximum Gasteiger partial charge on any atom is 0.416 e. The van der Waals surface area contributed by atoms with E-state index in [0.29, 0.717) is 25.6 Å². The van der Waals surface area contributed by atoms with E-state index in [1.54, 1.807) is 9.47 Å². The lowest BCUT2D eigenvalue weighted by molar-refractivity contribution is -0.137. The second-order valence-corrected chi connectivity index (χ2v) is 8.81. The number of halogens is 4. The van der Waals surface area contributed by atoms with E-state index in [1.165, 1.54) is 12.4 Å². The van der Waals surface area contributed by atoms with Crippen molar-refractivity contribution in [2.24, 2.45) is 0 Å². The Hall–Kier alpha value is -3.17. The van der Waals surface area contributed by atoms with Crippen molar-refractivity contribution in [3.8, 4) is 0 Å². The first-order valence-electron chi connectivity index (χ1n) is 11.7. The fourth-order valence-electron chi connectivity index (χ4n) is 3.96. The van der Waals surface area contributed by atoms with Crippen LogP contribution in [0.5, 0.6) is 0 Å². The van der Waals surface area contributed by atoms with Crippen LogP contribution in [0.25, 0.3) is 0 Å². The third-order valence-electron chi connectivity index (χ3n) is 6.33. The first-order valence-corrected chi connectivity index (χ1v) is 11.7. The van der Waals surface area contributed by atoms with Crippen LogP contribution in [0.3, 0.4) is 0 Å². The quantitative estimate of drug-likeness (QED) is 0.578. The van der Waals surface area contributed by atoms with Crippen LogP contribution >= 0.6 is 0 Å². The molecule has 3 rings (SSSR count). The molecule has 1 fully saturated rings. The van der Waals surface area contributed by atoms with Crippen LogP contribution in [-0.2, 0) is 12.7 Å². The van der Waals surface area contributed by atoms with Gasteiger partial charge in [0.2, 0.25) is 5.43 Å². The lowest BCUT2D eigenvalue weighted by Gasteiger charge is -2.22. The van der Waals surface area contributed by atoms with Crippen molar-refractivity contribution in [2.75, 3.05) is 13.1 Å². The predicted molar refractivity (Wildman–Crippen MR) is 123 cm³/mol. The van der Waals surface area contributed by atoms with Gasteiger partial charge in [0, 0.05) is 43.6 Å². The van der Waals surface area contributed by atoms with Crippen molar-refractivity contribution < 1.29 is 27.2 Å². The first-order chi connectivity index (χ1) is 16.5. The van der Waals surface area contributed by atoms with Gasteiger partial charge in [0.05, 0.1) is 5.56 Å². The normalized spacial score (nSPS) is 15.4. The molecule has 1 atom stereocenters. The van der Waals surface area contributed by atoms with Gasteiger partial charge in [-0.25, -0.2) is 4.39 Å². The van der Waals surface area contributed by atoms with Crippen LogP contribution < -0.4 is 10.7 Å². The molecule has 1 unspecified atom stereocenters. The van der Waals surface area contributed by atoms with Gasteiger partial charge < -0.3 is 14.8 Å². The minimum absolute atomic E-state index is 0.106. The van der Waals surface area contributed by atoms with E-state index in [9.17, 15) is 31.9 Å². The van der Waals surface area contributed by atoms with Gasteiger partial charge in [0.15, 0.2) is 0 Å². The summed E-state index contributed by atoms with van der Waals surface area (Å²) < 4.78 is 54.1. The number of carbonyl (C=O) groups is 2. The Morgan fingerprint density at radius 1 is 1.06 bits per heavy atom. The molecule has 0 radical (unpaired) electrons. The smallest absolute Gasteiger partial charge is 0.350 e. The summed E-state index contributed by atoms with van der Waals surface area (Å²) in [6, 6.07) is 1.92. The van der Waals surface area contributed by atoms with Gasteiger partial charge in [-0.3, -0.25) is 14.4 Å². The number of benzene rings is 1. The van der Waals surface area contributed by atoms with Gasteiger partial charge in [-0.2, -0.15) is 13.2 Å². The largest absolute Gasteiger partial charge is 0.416 e. The van der Waals surface area contributed by atoms with Crippen molar-refractivity contribution in [3.63, 3.8) is 0 Å². The molecule has 2 aromatic rings. The zero-order valence-electron chi connectivity index (χ0n) is 19.8. The third-order valence-corrected chi connectivity index (χ3v) is 6.33. The summed E-state index contributed by atoms with van der Waals surface area (Å²) in [7, 11) is 0. The third kappa shape index (κ3) is 6.29. The second-order valence-electron chi connectivity index (χ2n) is 8.81. The van der Waals surface area contributed by atoms with E-state index >= 15 is 0 Å². The highest BCUT2D eigenvalue weighted by molar-refractivity contribution is 5.99. The van der Waals surface area contributed by atoms with Crippen molar-refractivity contribution in [3.05, 3.63) is 68.9 Å². The SMILES string of the molecule is CCC(C)n1cc(C(=O)NCc2ccc(C(F)(F)F)cc2F)c(=O)c(C(=O)N2CCCCCC2)c1. The molecule has 190 valence electrons. The average molecular weight is 496 g/mol. The van der Waals surface area contributed by atoms with Gasteiger partial charge in [0.25, 0.3) is 11.8 Å². The minimum Gasteiger partial charge on any atom is -0.350 e. The summed E-state index contributed by atoms with van der Waals surface area (Å²) in [4.78, 5) is 40.9. The molecule has 1 aromatic carbocycles. The summed E-state index contributed by atoms with van der Waals surface area (Å²) in [5.74, 6) is -2.39. The fourth-order valence-corrected chi connectivity index (χ4v) is 3.96. The van der Waals surface area contributed by atoms with Gasteiger partial charge in [-0.1, -0.05) is 25.8 Å². The zero-order valence-corrected chi connectivity index (χ0v) is 19.8. The Morgan fingerprint density at radius 3 is 2.26 bits per heavy atom. The molecular formula is C25H29F4N3O3. The molecule has 1 N–H and O–H groups in total. The number of pyridine rings is 1. The molecule has 0 saturated carbocycles. The first kappa shape index (κ1) is 26.4. The molecule has 1 aliphatic rings. The molecule has 0 bridgehead atoms. The Morgan fingerprint density at radius 2 is 1.69 bits per heavy atom. The summed E-state index contributed by atoms with van der Waals surface area (Å²) in [6.45, 7) is 4.45. The number of aromatic nitrogens is 1. The lowest BCUT2D eigenvalue weighted by Crippen LogP contribution is -2.38. The number of hydrogen-bond donors (Lipinski definition) is 1. The van der Waals surface area contributed by atoms with Crippen LogP contribution in [0, 0.1) is 5.82 Å².